The molecule has 84 valence electrons. The molecule has 0 saturated heterocycles. The molecule has 2 N–H and O–H groups in total. The van der Waals surface area contributed by atoms with Gasteiger partial charge in [-0.15, -0.1) is 0 Å². The van der Waals surface area contributed by atoms with Crippen LogP contribution in [0.1, 0.15) is 18.2 Å². The van der Waals surface area contributed by atoms with E-state index < -0.39 is 0 Å². The van der Waals surface area contributed by atoms with E-state index in [1.54, 1.807) is 14.0 Å². The molecule has 0 aromatic carbocycles. The number of nitrogens with zero attached hydrogens (tertiary/aromatic N) is 2. The first-order valence-corrected chi connectivity index (χ1v) is 4.87. The molecule has 1 aromatic heterocycles. The largest absolute Gasteiger partial charge is 0.330 e. The molecule has 0 aliphatic rings. The highest BCUT2D eigenvalue weighted by molar-refractivity contribution is 5.17. The number of hydrogen-bond acceptors (Lipinski definition) is 3. The van der Waals surface area contributed by atoms with Crippen molar-refractivity contribution in [2.75, 3.05) is 0 Å². The van der Waals surface area contributed by atoms with Gasteiger partial charge in [-0.25, -0.2) is 4.79 Å². The normalized spacial score (nSPS) is 12.9. The van der Waals surface area contributed by atoms with E-state index in [2.05, 4.69) is 0 Å². The summed E-state index contributed by atoms with van der Waals surface area (Å²) in [5, 5.41) is 0. The first-order valence-electron chi connectivity index (χ1n) is 4.87. The molecule has 1 unspecified atom stereocenters. The number of rotatable bonds is 2. The van der Waals surface area contributed by atoms with Crippen LogP contribution in [0, 0.1) is 6.92 Å². The van der Waals surface area contributed by atoms with E-state index in [4.69, 9.17) is 5.73 Å². The van der Waals surface area contributed by atoms with Crippen LogP contribution in [-0.2, 0) is 20.5 Å². The fraction of sp³-hybridized carbons (Fsp3) is 0.600. The van der Waals surface area contributed by atoms with Crippen molar-refractivity contribution >= 4 is 0 Å². The number of aromatic nitrogens is 2. The van der Waals surface area contributed by atoms with Crippen LogP contribution in [0.15, 0.2) is 9.59 Å². The van der Waals surface area contributed by atoms with E-state index in [0.29, 0.717) is 17.7 Å². The Bertz CT molecular complexity index is 483. The molecule has 15 heavy (non-hydrogen) atoms. The second kappa shape index (κ2) is 4.02. The third-order valence-corrected chi connectivity index (χ3v) is 2.60. The van der Waals surface area contributed by atoms with Crippen LogP contribution in [0.5, 0.6) is 0 Å². The molecule has 1 heterocycles. The lowest BCUT2D eigenvalue weighted by Crippen LogP contribution is -2.41. The molecule has 1 aromatic rings. The Morgan fingerprint density at radius 3 is 2.27 bits per heavy atom. The zero-order valence-corrected chi connectivity index (χ0v) is 9.57. The van der Waals surface area contributed by atoms with Crippen LogP contribution in [0.2, 0.25) is 0 Å². The predicted octanol–water partition coefficient (Wildman–Crippen LogP) is -0.718. The van der Waals surface area contributed by atoms with Gasteiger partial charge in [-0.3, -0.25) is 9.36 Å². The van der Waals surface area contributed by atoms with Crippen molar-refractivity contribution in [1.29, 1.82) is 0 Å². The number of hydrogen-bond donors (Lipinski definition) is 1. The second-order valence-corrected chi connectivity index (χ2v) is 3.95. The summed E-state index contributed by atoms with van der Waals surface area (Å²) in [4.78, 5) is 23.3. The van der Waals surface area contributed by atoms with Gasteiger partial charge in [0.1, 0.15) is 0 Å². The zero-order valence-electron chi connectivity index (χ0n) is 9.57. The van der Waals surface area contributed by atoms with Crippen molar-refractivity contribution < 1.29 is 0 Å². The topological polar surface area (TPSA) is 70.0 Å². The molecule has 0 spiro atoms. The summed E-state index contributed by atoms with van der Waals surface area (Å²) in [6.45, 7) is 3.60. The van der Waals surface area contributed by atoms with Gasteiger partial charge in [0.25, 0.3) is 5.56 Å². The van der Waals surface area contributed by atoms with Gasteiger partial charge in [0.15, 0.2) is 0 Å². The van der Waals surface area contributed by atoms with Crippen molar-refractivity contribution in [3.63, 3.8) is 0 Å². The summed E-state index contributed by atoms with van der Waals surface area (Å²) in [6.07, 6.45) is 0.493. The van der Waals surface area contributed by atoms with Gasteiger partial charge in [-0.2, -0.15) is 0 Å². The molecule has 0 amide bonds. The first-order chi connectivity index (χ1) is 6.86. The third kappa shape index (κ3) is 2.02. The van der Waals surface area contributed by atoms with Gasteiger partial charge in [0.05, 0.1) is 0 Å². The Morgan fingerprint density at radius 1 is 1.27 bits per heavy atom. The molecule has 1 atom stereocenters. The van der Waals surface area contributed by atoms with Crippen molar-refractivity contribution in [1.82, 2.24) is 9.13 Å². The molecule has 0 fully saturated rings. The minimum atomic E-state index is -0.300. The summed E-state index contributed by atoms with van der Waals surface area (Å²) < 4.78 is 2.59. The fourth-order valence-corrected chi connectivity index (χ4v) is 1.57. The van der Waals surface area contributed by atoms with Gasteiger partial charge >= 0.3 is 5.69 Å². The quantitative estimate of drug-likeness (QED) is 0.702. The molecule has 5 heteroatoms. The van der Waals surface area contributed by atoms with Gasteiger partial charge < -0.3 is 10.3 Å². The van der Waals surface area contributed by atoms with Crippen molar-refractivity contribution in [2.24, 2.45) is 19.8 Å². The van der Waals surface area contributed by atoms with Crippen molar-refractivity contribution in [3.05, 3.63) is 32.1 Å². The molecule has 5 nitrogen and oxygen atoms in total. The van der Waals surface area contributed by atoms with E-state index in [9.17, 15) is 9.59 Å². The minimum Gasteiger partial charge on any atom is -0.328 e. The Kier molecular flexibility index (Phi) is 3.14. The van der Waals surface area contributed by atoms with E-state index in [1.165, 1.54) is 11.6 Å². The lowest BCUT2D eigenvalue weighted by Gasteiger charge is -2.13. The summed E-state index contributed by atoms with van der Waals surface area (Å²) >= 11 is 0. The monoisotopic (exact) mass is 211 g/mol. The molecular weight excluding hydrogens is 194 g/mol. The summed E-state index contributed by atoms with van der Waals surface area (Å²) in [5.74, 6) is 0. The van der Waals surface area contributed by atoms with Crippen LogP contribution in [-0.4, -0.2) is 15.2 Å². The lowest BCUT2D eigenvalue weighted by atomic mass is 10.1. The van der Waals surface area contributed by atoms with Gasteiger partial charge in [-0.1, -0.05) is 0 Å². The molecule has 0 radical (unpaired) electrons. The lowest BCUT2D eigenvalue weighted by molar-refractivity contribution is 0.628. The van der Waals surface area contributed by atoms with Crippen LogP contribution in [0.3, 0.4) is 0 Å². The maximum absolute atomic E-state index is 11.8. The summed E-state index contributed by atoms with van der Waals surface area (Å²) in [6, 6.07) is -0.0890. The Hall–Kier alpha value is -1.36. The van der Waals surface area contributed by atoms with E-state index in [1.807, 2.05) is 6.92 Å². The molecular formula is C10H17N3O2. The van der Waals surface area contributed by atoms with Crippen LogP contribution < -0.4 is 17.0 Å². The summed E-state index contributed by atoms with van der Waals surface area (Å²) in [7, 11) is 3.14. The Labute approximate surface area is 88.1 Å². The average molecular weight is 211 g/mol. The zero-order chi connectivity index (χ0) is 11.7. The highest BCUT2D eigenvalue weighted by atomic mass is 16.2. The molecule has 1 rings (SSSR count). The average Bonchev–Trinajstić information content (AvgIpc) is 2.18. The fourth-order valence-electron chi connectivity index (χ4n) is 1.57. The SMILES string of the molecule is Cc1c(CC(C)N)c(=O)n(C)c(=O)n1C. The Morgan fingerprint density at radius 2 is 1.80 bits per heavy atom. The highest BCUT2D eigenvalue weighted by Crippen LogP contribution is 2.01. The summed E-state index contributed by atoms with van der Waals surface area (Å²) in [5.41, 5.74) is 6.44. The van der Waals surface area contributed by atoms with Gasteiger partial charge in [-0.05, 0) is 20.3 Å². The van der Waals surface area contributed by atoms with Crippen molar-refractivity contribution in [2.45, 2.75) is 26.3 Å². The maximum atomic E-state index is 11.8. The smallest absolute Gasteiger partial charge is 0.328 e. The standard InChI is InChI=1S/C10H17N3O2/c1-6(11)5-8-7(2)12(3)10(15)13(4)9(8)14/h6H,5,11H2,1-4H3. The molecule has 0 saturated carbocycles. The highest BCUT2D eigenvalue weighted by Gasteiger charge is 2.12. The molecule has 0 bridgehead atoms. The third-order valence-electron chi connectivity index (χ3n) is 2.60. The van der Waals surface area contributed by atoms with Gasteiger partial charge in [0, 0.05) is 31.4 Å². The number of nitrogens with two attached hydrogens (primary N) is 1. The van der Waals surface area contributed by atoms with E-state index in [-0.39, 0.29) is 17.3 Å². The van der Waals surface area contributed by atoms with Crippen LogP contribution in [0.25, 0.3) is 0 Å². The van der Waals surface area contributed by atoms with Gasteiger partial charge in [0.2, 0.25) is 0 Å². The first kappa shape index (κ1) is 11.7. The second-order valence-electron chi connectivity index (χ2n) is 3.95. The minimum absolute atomic E-state index is 0.0890. The molecule has 0 aliphatic heterocycles. The van der Waals surface area contributed by atoms with Crippen LogP contribution >= 0.6 is 0 Å². The molecule has 0 aliphatic carbocycles. The Balaban J connectivity index is 3.53. The van der Waals surface area contributed by atoms with E-state index >= 15 is 0 Å². The predicted molar refractivity (Wildman–Crippen MR) is 59.0 cm³/mol. The van der Waals surface area contributed by atoms with Crippen LogP contribution in [0.4, 0.5) is 0 Å². The van der Waals surface area contributed by atoms with Crippen molar-refractivity contribution in [3.8, 4) is 0 Å². The van der Waals surface area contributed by atoms with E-state index in [0.717, 1.165) is 4.57 Å². The maximum Gasteiger partial charge on any atom is 0.330 e.